The molecule has 3 N–H and O–H groups in total. The van der Waals surface area contributed by atoms with Crippen LogP contribution in [0.1, 0.15) is 11.1 Å². The number of nitrogens with one attached hydrogen (secondary N) is 3. The number of anilines is 1. The largest absolute Gasteiger partial charge is 0.482 e. The highest BCUT2D eigenvalue weighted by Crippen LogP contribution is 2.30. The summed E-state index contributed by atoms with van der Waals surface area (Å²) in [6.45, 7) is 3.56. The predicted molar refractivity (Wildman–Crippen MR) is 129 cm³/mol. The Morgan fingerprint density at radius 3 is 2.40 bits per heavy atom. The molecule has 0 aliphatic heterocycles. The van der Waals surface area contributed by atoms with Crippen LogP contribution in [0.25, 0.3) is 0 Å². The van der Waals surface area contributed by atoms with E-state index in [1.807, 2.05) is 32.0 Å². The Labute approximate surface area is 205 Å². The highest BCUT2D eigenvalue weighted by Gasteiger charge is 2.34. The van der Waals surface area contributed by atoms with Gasteiger partial charge in [0.25, 0.3) is 5.91 Å². The summed E-state index contributed by atoms with van der Waals surface area (Å²) in [7, 11) is 0. The first kappa shape index (κ1) is 25.1. The molecule has 2 aromatic carbocycles. The smallest absolute Gasteiger partial charge is 0.259 e. The van der Waals surface area contributed by atoms with Gasteiger partial charge < -0.3 is 20.7 Å². The van der Waals surface area contributed by atoms with Crippen molar-refractivity contribution in [3.05, 3.63) is 57.6 Å². The van der Waals surface area contributed by atoms with E-state index in [9.17, 15) is 4.79 Å². The predicted octanol–water partition coefficient (Wildman–Crippen LogP) is 5.79. The first-order chi connectivity index (χ1) is 14.0. The average molecular weight is 530 g/mol. The molecular formula is C19H18Cl5N3O2S. The number of hydrogen-bond donors (Lipinski definition) is 3. The molecule has 1 atom stereocenters. The maximum Gasteiger partial charge on any atom is 0.259 e. The third-order valence-corrected chi connectivity index (χ3v) is 5.20. The van der Waals surface area contributed by atoms with Gasteiger partial charge in [-0.15, -0.1) is 0 Å². The van der Waals surface area contributed by atoms with Gasteiger partial charge in [-0.2, -0.15) is 0 Å². The number of alkyl halides is 3. The molecule has 2 aromatic rings. The summed E-state index contributed by atoms with van der Waals surface area (Å²) in [4.78, 5) is 12.3. The van der Waals surface area contributed by atoms with E-state index in [1.54, 1.807) is 12.1 Å². The first-order valence-electron chi connectivity index (χ1n) is 8.54. The van der Waals surface area contributed by atoms with Gasteiger partial charge in [0.05, 0.1) is 5.02 Å². The number of ether oxygens (including phenoxy) is 1. The first-order valence-corrected chi connectivity index (χ1v) is 10.8. The van der Waals surface area contributed by atoms with Gasteiger partial charge in [0.1, 0.15) is 11.9 Å². The van der Waals surface area contributed by atoms with Gasteiger partial charge in [0.15, 0.2) is 11.7 Å². The Morgan fingerprint density at radius 2 is 1.80 bits per heavy atom. The molecule has 5 nitrogen and oxygen atoms in total. The van der Waals surface area contributed by atoms with E-state index in [-0.39, 0.29) is 16.7 Å². The fourth-order valence-corrected chi connectivity index (χ4v) is 3.40. The van der Waals surface area contributed by atoms with E-state index < -0.39 is 15.9 Å². The van der Waals surface area contributed by atoms with Crippen molar-refractivity contribution in [2.45, 2.75) is 23.8 Å². The second-order valence-corrected chi connectivity index (χ2v) is 9.94. The summed E-state index contributed by atoms with van der Waals surface area (Å²) in [6, 6.07) is 10.4. The number of thiocarbonyl (C=S) groups is 1. The second-order valence-electron chi connectivity index (χ2n) is 6.32. The Morgan fingerprint density at radius 1 is 1.10 bits per heavy atom. The number of hydrogen-bond acceptors (Lipinski definition) is 3. The number of benzene rings is 2. The average Bonchev–Trinajstić information content (AvgIpc) is 2.62. The van der Waals surface area contributed by atoms with Crippen LogP contribution in [0.4, 0.5) is 5.69 Å². The van der Waals surface area contributed by atoms with Crippen molar-refractivity contribution in [1.29, 1.82) is 0 Å². The molecule has 0 spiro atoms. The number of amides is 1. The maximum atomic E-state index is 12.3. The van der Waals surface area contributed by atoms with E-state index in [0.29, 0.717) is 10.8 Å². The normalized spacial score (nSPS) is 12.1. The minimum Gasteiger partial charge on any atom is -0.482 e. The van der Waals surface area contributed by atoms with E-state index >= 15 is 0 Å². The van der Waals surface area contributed by atoms with Gasteiger partial charge in [-0.1, -0.05) is 75.7 Å². The van der Waals surface area contributed by atoms with E-state index in [2.05, 4.69) is 16.0 Å². The van der Waals surface area contributed by atoms with Gasteiger partial charge >= 0.3 is 0 Å². The zero-order valence-corrected chi connectivity index (χ0v) is 20.5. The lowest BCUT2D eigenvalue weighted by Gasteiger charge is -2.28. The molecule has 0 fully saturated rings. The maximum absolute atomic E-state index is 12.3. The summed E-state index contributed by atoms with van der Waals surface area (Å²) in [5.74, 6) is -0.263. The third kappa shape index (κ3) is 7.84. The highest BCUT2D eigenvalue weighted by molar-refractivity contribution is 7.80. The molecule has 0 aliphatic rings. The van der Waals surface area contributed by atoms with Crippen molar-refractivity contribution in [2.75, 3.05) is 11.9 Å². The number of carbonyl (C=O) groups is 1. The van der Waals surface area contributed by atoms with Crippen molar-refractivity contribution < 1.29 is 9.53 Å². The fourth-order valence-electron chi connectivity index (χ4n) is 2.38. The molecule has 0 saturated carbocycles. The summed E-state index contributed by atoms with van der Waals surface area (Å²) < 4.78 is 3.50. The van der Waals surface area contributed by atoms with Crippen LogP contribution in [-0.2, 0) is 4.79 Å². The Kier molecular flexibility index (Phi) is 9.15. The van der Waals surface area contributed by atoms with Crippen LogP contribution < -0.4 is 20.7 Å². The highest BCUT2D eigenvalue weighted by atomic mass is 35.6. The molecule has 0 heterocycles. The molecule has 0 aliphatic carbocycles. The lowest BCUT2D eigenvalue weighted by atomic mass is 10.1. The molecule has 0 saturated heterocycles. The number of aryl methyl sites for hydroxylation is 2. The number of rotatable bonds is 6. The zero-order valence-electron chi connectivity index (χ0n) is 15.9. The molecule has 1 unspecified atom stereocenters. The zero-order chi connectivity index (χ0) is 22.5. The molecule has 1 amide bonds. The van der Waals surface area contributed by atoms with Gasteiger partial charge in [0, 0.05) is 10.7 Å². The minimum atomic E-state index is -1.89. The fraction of sp³-hybridized carbons (Fsp3) is 0.263. The molecule has 0 radical (unpaired) electrons. The number of halogens is 5. The summed E-state index contributed by atoms with van der Waals surface area (Å²) in [5.41, 5.74) is 2.89. The summed E-state index contributed by atoms with van der Waals surface area (Å²) in [6.07, 6.45) is -1.12. The topological polar surface area (TPSA) is 62.4 Å². The van der Waals surface area contributed by atoms with Crippen LogP contribution in [0.15, 0.2) is 36.4 Å². The monoisotopic (exact) mass is 527 g/mol. The Bertz CT molecular complexity index is 937. The number of carbonyl (C=O) groups excluding carboxylic acids is 1. The van der Waals surface area contributed by atoms with E-state index in [0.717, 1.165) is 16.8 Å². The van der Waals surface area contributed by atoms with Gasteiger partial charge in [-0.3, -0.25) is 4.79 Å². The molecule has 2 rings (SSSR count). The molecule has 0 bridgehead atoms. The van der Waals surface area contributed by atoms with Crippen molar-refractivity contribution >= 4 is 86.9 Å². The van der Waals surface area contributed by atoms with Crippen molar-refractivity contribution in [3.8, 4) is 5.75 Å². The van der Waals surface area contributed by atoms with Crippen LogP contribution in [-0.4, -0.2) is 27.6 Å². The molecule has 30 heavy (non-hydrogen) atoms. The standard InChI is InChI=1S/C19H18Cl5N3O2S/c1-10-3-5-14(11(2)7-10)25-18(30)27-17(19(22,23)24)26-16(28)9-29-15-6-4-12(20)8-13(15)21/h3-8,17H,9H2,1-2H3,(H,26,28)(H2,25,27,30). The van der Waals surface area contributed by atoms with Crippen LogP contribution >= 0.6 is 70.2 Å². The summed E-state index contributed by atoms with van der Waals surface area (Å²) >= 11 is 35.1. The Hall–Kier alpha value is -1.15. The molecule has 11 heteroatoms. The van der Waals surface area contributed by atoms with Crippen LogP contribution in [0.2, 0.25) is 10.0 Å². The van der Waals surface area contributed by atoms with Crippen LogP contribution in [0.3, 0.4) is 0 Å². The Balaban J connectivity index is 1.97. The minimum absolute atomic E-state index is 0.167. The van der Waals surface area contributed by atoms with E-state index in [4.69, 9.17) is 75.0 Å². The van der Waals surface area contributed by atoms with Crippen LogP contribution in [0, 0.1) is 13.8 Å². The lowest BCUT2D eigenvalue weighted by Crippen LogP contribution is -2.57. The second kappa shape index (κ2) is 10.9. The van der Waals surface area contributed by atoms with Gasteiger partial charge in [0.2, 0.25) is 3.79 Å². The lowest BCUT2D eigenvalue weighted by molar-refractivity contribution is -0.123. The van der Waals surface area contributed by atoms with Crippen molar-refractivity contribution in [3.63, 3.8) is 0 Å². The molecular weight excluding hydrogens is 512 g/mol. The van der Waals surface area contributed by atoms with Gasteiger partial charge in [-0.25, -0.2) is 0 Å². The quantitative estimate of drug-likeness (QED) is 0.251. The summed E-state index contributed by atoms with van der Waals surface area (Å²) in [5, 5.41) is 9.22. The SMILES string of the molecule is Cc1ccc(NC(=S)NC(NC(=O)COc2ccc(Cl)cc2Cl)C(Cl)(Cl)Cl)c(C)c1. The van der Waals surface area contributed by atoms with Crippen LogP contribution in [0.5, 0.6) is 5.75 Å². The molecule has 162 valence electrons. The molecule has 0 aromatic heterocycles. The van der Waals surface area contributed by atoms with Crippen molar-refractivity contribution in [2.24, 2.45) is 0 Å². The van der Waals surface area contributed by atoms with Gasteiger partial charge in [-0.05, 0) is 55.9 Å². The van der Waals surface area contributed by atoms with Crippen molar-refractivity contribution in [1.82, 2.24) is 10.6 Å². The third-order valence-electron chi connectivity index (χ3n) is 3.79. The van der Waals surface area contributed by atoms with E-state index in [1.165, 1.54) is 6.07 Å².